The Labute approximate surface area is 172 Å². The Morgan fingerprint density at radius 2 is 2.14 bits per heavy atom. The number of carbonyl (C=O) groups is 1. The van der Waals surface area contributed by atoms with Gasteiger partial charge in [-0.15, -0.1) is 0 Å². The van der Waals surface area contributed by atoms with Crippen LogP contribution >= 0.6 is 0 Å². The summed E-state index contributed by atoms with van der Waals surface area (Å²) in [4.78, 5) is 12.0. The summed E-state index contributed by atoms with van der Waals surface area (Å²) in [6, 6.07) is 0. The number of rotatable bonds is 7. The molecule has 0 aliphatic heterocycles. The first-order valence-electron chi connectivity index (χ1n) is 9.85. The lowest BCUT2D eigenvalue weighted by Crippen LogP contribution is -2.20. The van der Waals surface area contributed by atoms with E-state index in [1.165, 1.54) is 0 Å². The van der Waals surface area contributed by atoms with Gasteiger partial charge < -0.3 is 5.32 Å². The monoisotopic (exact) mass is 394 g/mol. The smallest absolute Gasteiger partial charge is 0.274 e. The molecule has 0 radical (unpaired) electrons. The second-order valence-electron chi connectivity index (χ2n) is 6.59. The van der Waals surface area contributed by atoms with Crippen LogP contribution in [0.25, 0.3) is 11.3 Å². The quantitative estimate of drug-likeness (QED) is 0.204. The van der Waals surface area contributed by atoms with Crippen molar-refractivity contribution in [2.24, 2.45) is 0 Å². The molecule has 3 N–H and O–H groups in total. The third-order valence-corrected chi connectivity index (χ3v) is 4.54. The van der Waals surface area contributed by atoms with E-state index in [1.807, 2.05) is 50.7 Å². The highest BCUT2D eigenvalue weighted by Crippen LogP contribution is 2.30. The van der Waals surface area contributed by atoms with E-state index in [-0.39, 0.29) is 0 Å². The SMILES string of the molecule is C\C=C/C(=C\C(=C\CC)C(=O)NO)c1nn(/C2=C/C=C\CC=CC2)c(NC)c1C. The normalized spacial score (nSPS) is 18.2. The van der Waals surface area contributed by atoms with Gasteiger partial charge in [0.25, 0.3) is 5.91 Å². The molecule has 1 amide bonds. The number of nitrogens with one attached hydrogen (secondary N) is 2. The number of hydroxylamine groups is 1. The summed E-state index contributed by atoms with van der Waals surface area (Å²) >= 11 is 0. The van der Waals surface area contributed by atoms with Crippen molar-refractivity contribution in [2.45, 2.75) is 40.0 Å². The Morgan fingerprint density at radius 1 is 1.34 bits per heavy atom. The first-order chi connectivity index (χ1) is 14.1. The van der Waals surface area contributed by atoms with Crippen LogP contribution in [0.3, 0.4) is 0 Å². The summed E-state index contributed by atoms with van der Waals surface area (Å²) in [5, 5.41) is 17.2. The molecule has 1 heterocycles. The minimum atomic E-state index is -0.544. The summed E-state index contributed by atoms with van der Waals surface area (Å²) < 4.78 is 1.91. The van der Waals surface area contributed by atoms with Gasteiger partial charge in [0.15, 0.2) is 0 Å². The molecular formula is C23H30N4O2. The van der Waals surface area contributed by atoms with Gasteiger partial charge in [-0.2, -0.15) is 5.10 Å². The average molecular weight is 395 g/mol. The van der Waals surface area contributed by atoms with E-state index >= 15 is 0 Å². The van der Waals surface area contributed by atoms with Gasteiger partial charge in [0.2, 0.25) is 0 Å². The molecule has 0 atom stereocenters. The van der Waals surface area contributed by atoms with E-state index in [0.29, 0.717) is 12.0 Å². The molecular weight excluding hydrogens is 364 g/mol. The number of allylic oxidation sites excluding steroid dienone is 10. The van der Waals surface area contributed by atoms with E-state index in [2.05, 4.69) is 29.6 Å². The van der Waals surface area contributed by atoms with E-state index in [0.717, 1.165) is 41.2 Å². The molecule has 0 fully saturated rings. The van der Waals surface area contributed by atoms with Gasteiger partial charge in [-0.05, 0) is 38.8 Å². The van der Waals surface area contributed by atoms with Crippen LogP contribution in [0.5, 0.6) is 0 Å². The number of amides is 1. The fourth-order valence-corrected chi connectivity index (χ4v) is 3.18. The van der Waals surface area contributed by atoms with Gasteiger partial charge in [0, 0.05) is 35.9 Å². The molecule has 0 spiro atoms. The fraction of sp³-hybridized carbons (Fsp3) is 0.304. The number of carbonyl (C=O) groups excluding carboxylic acids is 1. The van der Waals surface area contributed by atoms with Crippen LogP contribution in [0.1, 0.15) is 44.4 Å². The minimum Gasteiger partial charge on any atom is -0.373 e. The molecule has 0 unspecified atom stereocenters. The molecule has 1 aliphatic carbocycles. The highest BCUT2D eigenvalue weighted by atomic mass is 16.5. The highest BCUT2D eigenvalue weighted by Gasteiger charge is 2.18. The maximum Gasteiger partial charge on any atom is 0.274 e. The van der Waals surface area contributed by atoms with Crippen molar-refractivity contribution in [1.29, 1.82) is 0 Å². The lowest BCUT2D eigenvalue weighted by atomic mass is 10.0. The third-order valence-electron chi connectivity index (χ3n) is 4.54. The van der Waals surface area contributed by atoms with Gasteiger partial charge in [0.05, 0.1) is 5.69 Å². The van der Waals surface area contributed by atoms with Gasteiger partial charge in [-0.1, -0.05) is 49.5 Å². The van der Waals surface area contributed by atoms with Crippen LogP contribution in [-0.4, -0.2) is 27.9 Å². The third kappa shape index (κ3) is 5.45. The first-order valence-corrected chi connectivity index (χ1v) is 9.85. The van der Waals surface area contributed by atoms with Crippen molar-refractivity contribution < 1.29 is 10.0 Å². The van der Waals surface area contributed by atoms with E-state index in [4.69, 9.17) is 10.3 Å². The Morgan fingerprint density at radius 3 is 2.79 bits per heavy atom. The first kappa shape index (κ1) is 22.2. The number of hydrogen-bond acceptors (Lipinski definition) is 4. The predicted molar refractivity (Wildman–Crippen MR) is 119 cm³/mol. The maximum atomic E-state index is 12.0. The van der Waals surface area contributed by atoms with Crippen LogP contribution in [0.2, 0.25) is 0 Å². The zero-order valence-electron chi connectivity index (χ0n) is 17.6. The Balaban J connectivity index is 2.63. The molecule has 1 aromatic heterocycles. The summed E-state index contributed by atoms with van der Waals surface area (Å²) in [6.45, 7) is 5.86. The summed E-state index contributed by atoms with van der Waals surface area (Å²) in [6.07, 6.45) is 20.2. The van der Waals surface area contributed by atoms with E-state index < -0.39 is 5.91 Å². The largest absolute Gasteiger partial charge is 0.373 e. The van der Waals surface area contributed by atoms with Crippen molar-refractivity contribution in [1.82, 2.24) is 15.3 Å². The number of anilines is 1. The molecule has 6 heteroatoms. The van der Waals surface area contributed by atoms with E-state index in [1.54, 1.807) is 17.6 Å². The van der Waals surface area contributed by atoms with Crippen LogP contribution in [0, 0.1) is 6.92 Å². The van der Waals surface area contributed by atoms with Gasteiger partial charge in [0.1, 0.15) is 5.82 Å². The molecule has 0 saturated carbocycles. The average Bonchev–Trinajstić information content (AvgIpc) is 3.02. The Hall–Kier alpha value is -3.12. The summed E-state index contributed by atoms with van der Waals surface area (Å²) in [5.74, 6) is 0.356. The summed E-state index contributed by atoms with van der Waals surface area (Å²) in [5.41, 5.74) is 5.70. The summed E-state index contributed by atoms with van der Waals surface area (Å²) in [7, 11) is 1.88. The van der Waals surface area contributed by atoms with Crippen LogP contribution in [0.4, 0.5) is 5.82 Å². The minimum absolute atomic E-state index is 0.388. The molecule has 154 valence electrons. The molecule has 0 saturated heterocycles. The van der Waals surface area contributed by atoms with Crippen LogP contribution in [-0.2, 0) is 4.79 Å². The van der Waals surface area contributed by atoms with Crippen LogP contribution in [0.15, 0.2) is 60.3 Å². The van der Waals surface area contributed by atoms with Crippen molar-refractivity contribution in [3.05, 3.63) is 71.5 Å². The second-order valence-corrected chi connectivity index (χ2v) is 6.59. The Bertz CT molecular complexity index is 912. The van der Waals surface area contributed by atoms with Crippen molar-refractivity contribution in [3.8, 4) is 0 Å². The molecule has 1 aromatic rings. The maximum absolute atomic E-state index is 12.0. The van der Waals surface area contributed by atoms with Crippen molar-refractivity contribution in [3.63, 3.8) is 0 Å². The number of nitrogens with zero attached hydrogens (tertiary/aromatic N) is 2. The van der Waals surface area contributed by atoms with Crippen molar-refractivity contribution >= 4 is 23.0 Å². The number of hydrogen-bond donors (Lipinski definition) is 3. The lowest BCUT2D eigenvalue weighted by Gasteiger charge is -2.10. The van der Waals surface area contributed by atoms with E-state index in [9.17, 15) is 4.79 Å². The molecule has 29 heavy (non-hydrogen) atoms. The number of aromatic nitrogens is 2. The zero-order chi connectivity index (χ0) is 21.2. The standard InChI is InChI=1S/C23H30N4O2/c1-5-12-18(16-19(13-6-2)23(28)26-29)21-17(3)22(24-4)27(25-21)20-14-10-8-7-9-11-15-20/h5,8-14,16,24,29H,6-7,15H2,1-4H3,(H,26,28)/b10-8-,11-9?,12-5-,18-16+,19-13-,20-14+. The molecule has 0 bridgehead atoms. The molecule has 1 aliphatic rings. The molecule has 2 rings (SSSR count). The topological polar surface area (TPSA) is 79.2 Å². The van der Waals surface area contributed by atoms with Gasteiger partial charge >= 0.3 is 0 Å². The van der Waals surface area contributed by atoms with Gasteiger partial charge in [-0.25, -0.2) is 10.2 Å². The highest BCUT2D eigenvalue weighted by molar-refractivity contribution is 5.98. The van der Waals surface area contributed by atoms with Crippen molar-refractivity contribution in [2.75, 3.05) is 12.4 Å². The van der Waals surface area contributed by atoms with Gasteiger partial charge in [-0.3, -0.25) is 10.0 Å². The molecule has 0 aromatic carbocycles. The molecule has 6 nitrogen and oxygen atoms in total. The lowest BCUT2D eigenvalue weighted by molar-refractivity contribution is -0.124. The van der Waals surface area contributed by atoms with Crippen LogP contribution < -0.4 is 10.8 Å². The fourth-order valence-electron chi connectivity index (χ4n) is 3.18. The zero-order valence-corrected chi connectivity index (χ0v) is 17.6. The predicted octanol–water partition coefficient (Wildman–Crippen LogP) is 4.78. The second kappa shape index (κ2) is 11.0. The Kier molecular flexibility index (Phi) is 8.43.